The fraction of sp³-hybridized carbons (Fsp3) is 0.850. The van der Waals surface area contributed by atoms with Gasteiger partial charge in [-0.15, -0.1) is 0 Å². The van der Waals surface area contributed by atoms with Gasteiger partial charge in [-0.3, -0.25) is 4.79 Å². The number of allylic oxidation sites excluding steroid dienone is 3. The lowest BCUT2D eigenvalue weighted by atomic mass is 9.33. The molecule has 0 amide bonds. The van der Waals surface area contributed by atoms with Crippen molar-refractivity contribution in [3.05, 3.63) is 23.3 Å². The van der Waals surface area contributed by atoms with Crippen molar-refractivity contribution >= 4 is 11.9 Å². The van der Waals surface area contributed by atoms with E-state index in [1.165, 1.54) is 5.57 Å². The molecule has 0 bridgehead atoms. The first-order valence-electron chi connectivity index (χ1n) is 18.6. The number of esters is 2. The summed E-state index contributed by atoms with van der Waals surface area (Å²) < 4.78 is 11.9. The van der Waals surface area contributed by atoms with Gasteiger partial charge in [0.25, 0.3) is 0 Å². The van der Waals surface area contributed by atoms with Crippen molar-refractivity contribution in [2.45, 2.75) is 145 Å². The van der Waals surface area contributed by atoms with Crippen LogP contribution in [0.5, 0.6) is 0 Å². The first-order valence-corrected chi connectivity index (χ1v) is 18.6. The molecular formula is C40H64O8. The molecule has 48 heavy (non-hydrogen) atoms. The Morgan fingerprint density at radius 2 is 1.67 bits per heavy atom. The fourth-order valence-electron chi connectivity index (χ4n) is 12.0. The average molecular weight is 673 g/mol. The molecular weight excluding hydrogens is 608 g/mol. The summed E-state index contributed by atoms with van der Waals surface area (Å²) in [5.41, 5.74) is -1.36. The predicted molar refractivity (Wildman–Crippen MR) is 184 cm³/mol. The van der Waals surface area contributed by atoms with Crippen LogP contribution < -0.4 is 0 Å². The van der Waals surface area contributed by atoms with Crippen molar-refractivity contribution in [3.63, 3.8) is 0 Å². The first-order chi connectivity index (χ1) is 22.2. The molecule has 0 spiro atoms. The molecule has 0 saturated heterocycles. The summed E-state index contributed by atoms with van der Waals surface area (Å²) in [6.07, 6.45) is 6.17. The molecule has 8 heteroatoms. The highest BCUT2D eigenvalue weighted by molar-refractivity contribution is 5.87. The summed E-state index contributed by atoms with van der Waals surface area (Å²) in [4.78, 5) is 25.7. The smallest absolute Gasteiger partial charge is 0.333 e. The SMILES string of the molecule is C/C=C(\C)C(=O)OC[C@]1(C)C2CC[C@]3(C)C(CC=C4C5CC(C)(C)[C@@H](OC(=O)C(C)CC)[C@H](O)[C@]5(CO)[C@H](O)C[C@]43C)[C@@]2(C)CC[C@@H]1O. The van der Waals surface area contributed by atoms with Gasteiger partial charge in [-0.05, 0) is 99.2 Å². The molecule has 0 aromatic carbocycles. The molecule has 5 aliphatic rings. The van der Waals surface area contributed by atoms with Crippen LogP contribution in [0.15, 0.2) is 23.3 Å². The first kappa shape index (κ1) is 37.5. The van der Waals surface area contributed by atoms with Gasteiger partial charge in [-0.25, -0.2) is 4.79 Å². The molecule has 4 fully saturated rings. The van der Waals surface area contributed by atoms with Crippen molar-refractivity contribution in [2.75, 3.05) is 13.2 Å². The molecule has 0 radical (unpaired) electrons. The minimum Gasteiger partial charge on any atom is -0.462 e. The van der Waals surface area contributed by atoms with Gasteiger partial charge in [0.2, 0.25) is 0 Å². The van der Waals surface area contributed by atoms with Crippen LogP contribution in [0.3, 0.4) is 0 Å². The minimum absolute atomic E-state index is 0.134. The van der Waals surface area contributed by atoms with E-state index in [4.69, 9.17) is 9.47 Å². The average Bonchev–Trinajstić information content (AvgIpc) is 3.03. The molecule has 13 atom stereocenters. The zero-order chi connectivity index (χ0) is 35.8. The van der Waals surface area contributed by atoms with Crippen LogP contribution in [0.2, 0.25) is 0 Å². The van der Waals surface area contributed by atoms with E-state index < -0.39 is 52.7 Å². The maximum absolute atomic E-state index is 13.0. The second-order valence-electron chi connectivity index (χ2n) is 18.2. The highest BCUT2D eigenvalue weighted by atomic mass is 16.6. The number of aliphatic hydroxyl groups excluding tert-OH is 4. The van der Waals surface area contributed by atoms with Gasteiger partial charge < -0.3 is 29.9 Å². The summed E-state index contributed by atoms with van der Waals surface area (Å²) in [6, 6.07) is 0. The number of ether oxygens (including phenoxy) is 2. The van der Waals surface area contributed by atoms with Crippen molar-refractivity contribution in [2.24, 2.45) is 56.2 Å². The van der Waals surface area contributed by atoms with E-state index in [-0.39, 0.29) is 53.0 Å². The Bertz CT molecular complexity index is 1340. The molecule has 5 rings (SSSR count). The number of carbonyl (C=O) groups excluding carboxylic acids is 2. The summed E-state index contributed by atoms with van der Waals surface area (Å²) in [6.45, 7) is 20.3. The van der Waals surface area contributed by atoms with Crippen LogP contribution >= 0.6 is 0 Å². The Kier molecular flexibility index (Phi) is 9.76. The highest BCUT2D eigenvalue weighted by Gasteiger charge is 2.73. The number of hydrogen-bond donors (Lipinski definition) is 4. The monoisotopic (exact) mass is 672 g/mol. The van der Waals surface area contributed by atoms with Crippen LogP contribution in [-0.4, -0.2) is 70.0 Å². The molecule has 5 aliphatic carbocycles. The minimum atomic E-state index is -1.24. The van der Waals surface area contributed by atoms with Crippen LogP contribution in [0.1, 0.15) is 121 Å². The van der Waals surface area contributed by atoms with Gasteiger partial charge in [0, 0.05) is 16.4 Å². The molecule has 4 unspecified atom stereocenters. The van der Waals surface area contributed by atoms with Gasteiger partial charge in [-0.1, -0.05) is 73.1 Å². The Morgan fingerprint density at radius 1 is 1.00 bits per heavy atom. The molecule has 4 saturated carbocycles. The Labute approximate surface area is 288 Å². The predicted octanol–water partition coefficient (Wildman–Crippen LogP) is 6.14. The van der Waals surface area contributed by atoms with Crippen LogP contribution in [0, 0.1) is 56.2 Å². The second-order valence-corrected chi connectivity index (χ2v) is 18.2. The summed E-state index contributed by atoms with van der Waals surface area (Å²) >= 11 is 0. The van der Waals surface area contributed by atoms with Gasteiger partial charge in [0.05, 0.1) is 36.8 Å². The van der Waals surface area contributed by atoms with E-state index in [2.05, 4.69) is 33.8 Å². The number of carbonyl (C=O) groups is 2. The highest BCUT2D eigenvalue weighted by Crippen LogP contribution is 2.75. The largest absolute Gasteiger partial charge is 0.462 e. The van der Waals surface area contributed by atoms with Crippen molar-refractivity contribution in [1.29, 1.82) is 0 Å². The molecule has 0 aromatic rings. The topological polar surface area (TPSA) is 134 Å². The standard InChI is InChI=1S/C40H64O8/c1-11-23(3)33(45)47-22-37(8)27-15-18-38(9)28(36(27,7)17-16-29(37)42)14-13-25-26-19-35(5,6)32(48-34(46)24(4)12-2)31(44)40(26,21-41)30(43)20-39(25,38)10/h11,13,24,26-32,41-44H,12,14-22H2,1-10H3/b23-11+/t24?,26?,27?,28?,29-,30+,31-,32-,36-,37+,38+,39+,40-/m0/s1. The number of rotatable bonds is 7. The summed E-state index contributed by atoms with van der Waals surface area (Å²) in [5, 5.41) is 47.0. The second kappa shape index (κ2) is 12.5. The van der Waals surface area contributed by atoms with Crippen molar-refractivity contribution in [3.8, 4) is 0 Å². The number of aliphatic hydroxyl groups is 4. The van der Waals surface area contributed by atoms with Crippen LogP contribution in [-0.2, 0) is 19.1 Å². The van der Waals surface area contributed by atoms with E-state index in [1.54, 1.807) is 13.0 Å². The maximum atomic E-state index is 13.0. The van der Waals surface area contributed by atoms with E-state index in [1.807, 2.05) is 34.6 Å². The summed E-state index contributed by atoms with van der Waals surface area (Å²) in [5.74, 6) is -0.880. The molecule has 0 aliphatic heterocycles. The molecule has 0 aromatic heterocycles. The van der Waals surface area contributed by atoms with E-state index in [9.17, 15) is 30.0 Å². The Balaban J connectivity index is 1.52. The number of fused-ring (bicyclic) bond motifs is 7. The molecule has 4 N–H and O–H groups in total. The van der Waals surface area contributed by atoms with E-state index in [0.29, 0.717) is 31.3 Å². The third kappa shape index (κ3) is 5.11. The molecule has 272 valence electrons. The quantitative estimate of drug-likeness (QED) is 0.144. The Hall–Kier alpha value is -1.74. The zero-order valence-corrected chi connectivity index (χ0v) is 31.3. The molecule has 0 heterocycles. The van der Waals surface area contributed by atoms with Crippen LogP contribution in [0.25, 0.3) is 0 Å². The maximum Gasteiger partial charge on any atom is 0.333 e. The van der Waals surface area contributed by atoms with Crippen molar-refractivity contribution in [1.82, 2.24) is 0 Å². The lowest BCUT2D eigenvalue weighted by molar-refractivity contribution is -0.263. The van der Waals surface area contributed by atoms with Crippen LogP contribution in [0.4, 0.5) is 0 Å². The van der Waals surface area contributed by atoms with E-state index in [0.717, 1.165) is 25.7 Å². The fourth-order valence-corrected chi connectivity index (χ4v) is 12.0. The Morgan fingerprint density at radius 3 is 2.27 bits per heavy atom. The lowest BCUT2D eigenvalue weighted by Gasteiger charge is -2.72. The van der Waals surface area contributed by atoms with Gasteiger partial charge in [-0.2, -0.15) is 0 Å². The normalized spacial score (nSPS) is 47.3. The van der Waals surface area contributed by atoms with Crippen molar-refractivity contribution < 1.29 is 39.5 Å². The zero-order valence-electron chi connectivity index (χ0n) is 31.3. The number of hydrogen-bond acceptors (Lipinski definition) is 8. The van der Waals surface area contributed by atoms with Gasteiger partial charge in [0.15, 0.2) is 0 Å². The lowest BCUT2D eigenvalue weighted by Crippen LogP contribution is -2.72. The third-order valence-electron chi connectivity index (χ3n) is 15.7. The van der Waals surface area contributed by atoms with E-state index >= 15 is 0 Å². The third-order valence-corrected chi connectivity index (χ3v) is 15.7. The molecule has 8 nitrogen and oxygen atoms in total. The van der Waals surface area contributed by atoms with Gasteiger partial charge >= 0.3 is 11.9 Å². The summed E-state index contributed by atoms with van der Waals surface area (Å²) in [7, 11) is 0. The van der Waals surface area contributed by atoms with Gasteiger partial charge in [0.1, 0.15) is 12.2 Å².